The largest absolute Gasteiger partial charge is 0.126 e. The van der Waals surface area contributed by atoms with Gasteiger partial charge in [-0.15, -0.1) is 11.6 Å². The van der Waals surface area contributed by atoms with Crippen LogP contribution in [-0.4, -0.2) is 5.88 Å². The highest BCUT2D eigenvalue weighted by Crippen LogP contribution is 2.24. The van der Waals surface area contributed by atoms with Crippen molar-refractivity contribution >= 4 is 11.6 Å². The van der Waals surface area contributed by atoms with Gasteiger partial charge in [0.05, 0.1) is 0 Å². The second-order valence-electron chi connectivity index (χ2n) is 5.29. The van der Waals surface area contributed by atoms with E-state index in [-0.39, 0.29) is 0 Å². The summed E-state index contributed by atoms with van der Waals surface area (Å²) >= 11 is 6.07. The minimum atomic E-state index is 0.539. The van der Waals surface area contributed by atoms with Gasteiger partial charge in [0, 0.05) is 5.88 Å². The lowest BCUT2D eigenvalue weighted by molar-refractivity contribution is 0.508. The van der Waals surface area contributed by atoms with Crippen LogP contribution in [0.5, 0.6) is 0 Å². The topological polar surface area (TPSA) is 0 Å². The Balaban J connectivity index is 2.24. The summed E-state index contributed by atoms with van der Waals surface area (Å²) in [5.41, 5.74) is 1.39. The molecule has 0 N–H and O–H groups in total. The van der Waals surface area contributed by atoms with Gasteiger partial charge in [0.25, 0.3) is 0 Å². The molecule has 0 nitrogen and oxygen atoms in total. The maximum atomic E-state index is 6.07. The van der Waals surface area contributed by atoms with Gasteiger partial charge in [-0.2, -0.15) is 0 Å². The van der Waals surface area contributed by atoms with Crippen molar-refractivity contribution in [3.05, 3.63) is 35.9 Å². The van der Waals surface area contributed by atoms with Crippen molar-refractivity contribution in [2.75, 3.05) is 5.88 Å². The summed E-state index contributed by atoms with van der Waals surface area (Å²) < 4.78 is 0. The predicted octanol–water partition coefficient (Wildman–Crippen LogP) is 5.62. The molecule has 0 bridgehead atoms. The molecule has 0 saturated carbocycles. The van der Waals surface area contributed by atoms with E-state index >= 15 is 0 Å². The van der Waals surface area contributed by atoms with Crippen molar-refractivity contribution in [3.63, 3.8) is 0 Å². The first-order valence-electron chi connectivity index (χ1n) is 6.85. The molecular weight excluding hydrogens is 228 g/mol. The molecule has 17 heavy (non-hydrogen) atoms. The van der Waals surface area contributed by atoms with Crippen LogP contribution in [-0.2, 0) is 0 Å². The first-order chi connectivity index (χ1) is 8.24. The van der Waals surface area contributed by atoms with Crippen molar-refractivity contribution in [2.24, 2.45) is 5.92 Å². The first kappa shape index (κ1) is 14.6. The third kappa shape index (κ3) is 6.12. The monoisotopic (exact) mass is 252 g/mol. The lowest BCUT2D eigenvalue weighted by atomic mass is 9.94. The highest BCUT2D eigenvalue weighted by atomic mass is 35.5. The molecule has 0 aliphatic rings. The van der Waals surface area contributed by atoms with Crippen molar-refractivity contribution in [3.8, 4) is 0 Å². The number of hydrogen-bond donors (Lipinski definition) is 0. The van der Waals surface area contributed by atoms with Crippen molar-refractivity contribution in [2.45, 2.75) is 51.9 Å². The number of rotatable bonds is 8. The summed E-state index contributed by atoms with van der Waals surface area (Å²) in [6.07, 6.45) is 6.60. The third-order valence-electron chi connectivity index (χ3n) is 3.29. The quantitative estimate of drug-likeness (QED) is 0.416. The molecule has 1 aromatic carbocycles. The van der Waals surface area contributed by atoms with Crippen LogP contribution in [0.25, 0.3) is 0 Å². The van der Waals surface area contributed by atoms with E-state index in [0.29, 0.717) is 5.92 Å². The van der Waals surface area contributed by atoms with Crippen LogP contribution in [0.15, 0.2) is 30.3 Å². The number of unbranched alkanes of at least 4 members (excludes halogenated alkanes) is 2. The number of benzene rings is 1. The fourth-order valence-electron chi connectivity index (χ4n) is 2.18. The maximum Gasteiger partial charge on any atom is 0.0292 e. The zero-order valence-electron chi connectivity index (χ0n) is 11.2. The average Bonchev–Trinajstić information content (AvgIpc) is 2.34. The molecule has 0 aliphatic carbocycles. The Morgan fingerprint density at radius 3 is 2.18 bits per heavy atom. The standard InChI is InChI=1S/C16H25Cl/c1-14(2)9-5-3-8-12-16(13-17)15-10-6-4-7-11-15/h4,6-7,10-11,14,16H,3,5,8-9,12-13H2,1-2H3. The van der Waals surface area contributed by atoms with Gasteiger partial charge in [-0.25, -0.2) is 0 Å². The van der Waals surface area contributed by atoms with E-state index in [1.807, 2.05) is 0 Å². The zero-order chi connectivity index (χ0) is 12.5. The molecule has 0 fully saturated rings. The smallest absolute Gasteiger partial charge is 0.0292 e. The van der Waals surface area contributed by atoms with Crippen molar-refractivity contribution < 1.29 is 0 Å². The number of alkyl halides is 1. The minimum absolute atomic E-state index is 0.539. The molecule has 0 aliphatic heterocycles. The highest BCUT2D eigenvalue weighted by molar-refractivity contribution is 6.18. The second-order valence-corrected chi connectivity index (χ2v) is 5.60. The van der Waals surface area contributed by atoms with Crippen LogP contribution in [0, 0.1) is 5.92 Å². The predicted molar refractivity (Wildman–Crippen MR) is 77.8 cm³/mol. The molecule has 0 heterocycles. The van der Waals surface area contributed by atoms with Crippen LogP contribution in [0.4, 0.5) is 0 Å². The summed E-state index contributed by atoms with van der Waals surface area (Å²) in [6, 6.07) is 10.7. The molecule has 0 radical (unpaired) electrons. The van der Waals surface area contributed by atoms with Gasteiger partial charge in [0.1, 0.15) is 0 Å². The number of halogens is 1. The molecule has 0 saturated heterocycles. The maximum absolute atomic E-state index is 6.07. The van der Waals surface area contributed by atoms with E-state index in [2.05, 4.69) is 44.2 Å². The highest BCUT2D eigenvalue weighted by Gasteiger charge is 2.09. The molecular formula is C16H25Cl. The van der Waals surface area contributed by atoms with E-state index in [1.54, 1.807) is 0 Å². The van der Waals surface area contributed by atoms with E-state index < -0.39 is 0 Å². The molecule has 96 valence electrons. The van der Waals surface area contributed by atoms with Crippen LogP contribution >= 0.6 is 11.6 Å². The zero-order valence-corrected chi connectivity index (χ0v) is 11.9. The van der Waals surface area contributed by atoms with E-state index in [9.17, 15) is 0 Å². The molecule has 1 heteroatoms. The van der Waals surface area contributed by atoms with Crippen LogP contribution in [0.1, 0.15) is 57.4 Å². The first-order valence-corrected chi connectivity index (χ1v) is 7.38. The molecule has 0 amide bonds. The van der Waals surface area contributed by atoms with Crippen LogP contribution < -0.4 is 0 Å². The molecule has 0 aromatic heterocycles. The molecule has 1 unspecified atom stereocenters. The van der Waals surface area contributed by atoms with Gasteiger partial charge in [-0.05, 0) is 23.8 Å². The molecule has 1 rings (SSSR count). The summed E-state index contributed by atoms with van der Waals surface area (Å²) in [5, 5.41) is 0. The van der Waals surface area contributed by atoms with Crippen molar-refractivity contribution in [1.29, 1.82) is 0 Å². The Hall–Kier alpha value is -0.490. The van der Waals surface area contributed by atoms with Crippen LogP contribution in [0.2, 0.25) is 0 Å². The van der Waals surface area contributed by atoms with E-state index in [1.165, 1.54) is 37.7 Å². The van der Waals surface area contributed by atoms with Gasteiger partial charge >= 0.3 is 0 Å². The number of hydrogen-bond acceptors (Lipinski definition) is 0. The Morgan fingerprint density at radius 2 is 1.59 bits per heavy atom. The third-order valence-corrected chi connectivity index (χ3v) is 3.66. The van der Waals surface area contributed by atoms with Gasteiger partial charge in [-0.1, -0.05) is 69.9 Å². The Bertz CT molecular complexity index is 279. The van der Waals surface area contributed by atoms with E-state index in [0.717, 1.165) is 11.8 Å². The Morgan fingerprint density at radius 1 is 0.941 bits per heavy atom. The Kier molecular flexibility index (Phi) is 7.35. The van der Waals surface area contributed by atoms with Gasteiger partial charge in [0.15, 0.2) is 0 Å². The summed E-state index contributed by atoms with van der Waals surface area (Å²) in [4.78, 5) is 0. The minimum Gasteiger partial charge on any atom is -0.126 e. The second kappa shape index (κ2) is 8.58. The van der Waals surface area contributed by atoms with Gasteiger partial charge in [-0.3, -0.25) is 0 Å². The normalized spacial score (nSPS) is 12.9. The Labute approximate surface area is 111 Å². The van der Waals surface area contributed by atoms with Crippen LogP contribution in [0.3, 0.4) is 0 Å². The fourth-order valence-corrected chi connectivity index (χ4v) is 2.51. The summed E-state index contributed by atoms with van der Waals surface area (Å²) in [6.45, 7) is 4.59. The summed E-state index contributed by atoms with van der Waals surface area (Å²) in [5.74, 6) is 2.12. The van der Waals surface area contributed by atoms with Gasteiger partial charge in [0.2, 0.25) is 0 Å². The lowest BCUT2D eigenvalue weighted by Gasteiger charge is -2.14. The molecule has 0 spiro atoms. The van der Waals surface area contributed by atoms with Crippen molar-refractivity contribution in [1.82, 2.24) is 0 Å². The summed E-state index contributed by atoms with van der Waals surface area (Å²) in [7, 11) is 0. The molecule has 1 aromatic rings. The lowest BCUT2D eigenvalue weighted by Crippen LogP contribution is -2.00. The van der Waals surface area contributed by atoms with E-state index in [4.69, 9.17) is 11.6 Å². The SMILES string of the molecule is CC(C)CCCCCC(CCl)c1ccccc1. The fraction of sp³-hybridized carbons (Fsp3) is 0.625. The van der Waals surface area contributed by atoms with Gasteiger partial charge < -0.3 is 0 Å². The average molecular weight is 253 g/mol. The molecule has 1 atom stereocenters.